The first-order valence-electron chi connectivity index (χ1n) is 8.39. The van der Waals surface area contributed by atoms with E-state index in [1.165, 1.54) is 16.2 Å². The molecule has 0 bridgehead atoms. The van der Waals surface area contributed by atoms with Crippen LogP contribution in [0.15, 0.2) is 23.2 Å². The first kappa shape index (κ1) is 17.1. The number of nitrogens with zero attached hydrogens (tertiary/aromatic N) is 3. The SMILES string of the molecule is CCCN1C(=O)C(c2cccs2)=C(N2CCN(CCO)CC2)C1=O. The molecule has 24 heavy (non-hydrogen) atoms. The number of hydrogen-bond donors (Lipinski definition) is 1. The Morgan fingerprint density at radius 2 is 1.88 bits per heavy atom. The van der Waals surface area contributed by atoms with Crippen LogP contribution in [0, 0.1) is 0 Å². The van der Waals surface area contributed by atoms with E-state index in [9.17, 15) is 9.59 Å². The minimum absolute atomic E-state index is 0.144. The van der Waals surface area contributed by atoms with Gasteiger partial charge in [0.05, 0.1) is 12.2 Å². The van der Waals surface area contributed by atoms with Gasteiger partial charge in [0, 0.05) is 44.1 Å². The van der Waals surface area contributed by atoms with Crippen molar-refractivity contribution < 1.29 is 14.7 Å². The summed E-state index contributed by atoms with van der Waals surface area (Å²) in [6.45, 7) is 6.20. The van der Waals surface area contributed by atoms with Gasteiger partial charge >= 0.3 is 0 Å². The van der Waals surface area contributed by atoms with Crippen LogP contribution < -0.4 is 0 Å². The molecule has 1 aromatic rings. The zero-order valence-electron chi connectivity index (χ0n) is 13.9. The monoisotopic (exact) mass is 349 g/mol. The van der Waals surface area contributed by atoms with Crippen molar-refractivity contribution >= 4 is 28.7 Å². The smallest absolute Gasteiger partial charge is 0.277 e. The number of hydrogen-bond acceptors (Lipinski definition) is 6. The Labute approximate surface area is 146 Å². The highest BCUT2D eigenvalue weighted by Crippen LogP contribution is 2.34. The highest BCUT2D eigenvalue weighted by Gasteiger charge is 2.41. The predicted molar refractivity (Wildman–Crippen MR) is 93.3 cm³/mol. The fourth-order valence-electron chi connectivity index (χ4n) is 3.26. The molecule has 2 aliphatic rings. The molecule has 3 rings (SSSR count). The molecule has 0 radical (unpaired) electrons. The Balaban J connectivity index is 1.89. The number of aliphatic hydroxyl groups is 1. The number of rotatable bonds is 6. The van der Waals surface area contributed by atoms with E-state index in [0.717, 1.165) is 24.4 Å². The summed E-state index contributed by atoms with van der Waals surface area (Å²) in [6, 6.07) is 3.81. The second-order valence-corrected chi connectivity index (χ2v) is 6.96. The summed E-state index contributed by atoms with van der Waals surface area (Å²) in [5.41, 5.74) is 1.11. The van der Waals surface area contributed by atoms with E-state index in [1.54, 1.807) is 0 Å². The van der Waals surface area contributed by atoms with Gasteiger partial charge in [-0.1, -0.05) is 13.0 Å². The molecule has 2 aliphatic heterocycles. The highest BCUT2D eigenvalue weighted by atomic mass is 32.1. The lowest BCUT2D eigenvalue weighted by Gasteiger charge is -2.36. The van der Waals surface area contributed by atoms with E-state index in [2.05, 4.69) is 4.90 Å². The average Bonchev–Trinajstić information content (AvgIpc) is 3.18. The van der Waals surface area contributed by atoms with Crippen LogP contribution in [0.1, 0.15) is 18.2 Å². The van der Waals surface area contributed by atoms with Crippen molar-refractivity contribution in [3.8, 4) is 0 Å². The topological polar surface area (TPSA) is 64.1 Å². The summed E-state index contributed by atoms with van der Waals surface area (Å²) < 4.78 is 0. The predicted octanol–water partition coefficient (Wildman–Crippen LogP) is 0.848. The van der Waals surface area contributed by atoms with Crippen LogP contribution >= 0.6 is 11.3 Å². The zero-order valence-corrected chi connectivity index (χ0v) is 14.7. The van der Waals surface area contributed by atoms with Crippen molar-refractivity contribution in [3.05, 3.63) is 28.1 Å². The van der Waals surface area contributed by atoms with Gasteiger partial charge < -0.3 is 10.0 Å². The lowest BCUT2D eigenvalue weighted by atomic mass is 10.1. The van der Waals surface area contributed by atoms with Crippen LogP contribution in [0.3, 0.4) is 0 Å². The van der Waals surface area contributed by atoms with E-state index >= 15 is 0 Å². The van der Waals surface area contributed by atoms with Gasteiger partial charge in [-0.25, -0.2) is 0 Å². The molecule has 7 heteroatoms. The Morgan fingerprint density at radius 3 is 2.46 bits per heavy atom. The average molecular weight is 349 g/mol. The van der Waals surface area contributed by atoms with E-state index in [0.29, 0.717) is 37.4 Å². The molecule has 0 spiro atoms. The number of aliphatic hydroxyl groups excluding tert-OH is 1. The summed E-state index contributed by atoms with van der Waals surface area (Å²) in [4.78, 5) is 32.1. The van der Waals surface area contributed by atoms with Crippen molar-refractivity contribution in [3.63, 3.8) is 0 Å². The first-order valence-corrected chi connectivity index (χ1v) is 9.27. The van der Waals surface area contributed by atoms with E-state index < -0.39 is 0 Å². The molecule has 0 aromatic carbocycles. The van der Waals surface area contributed by atoms with Crippen LogP contribution in [-0.2, 0) is 9.59 Å². The Bertz CT molecular complexity index is 634. The largest absolute Gasteiger partial charge is 0.395 e. The van der Waals surface area contributed by atoms with Gasteiger partial charge in [0.25, 0.3) is 11.8 Å². The molecule has 3 heterocycles. The van der Waals surface area contributed by atoms with Gasteiger partial charge in [-0.15, -0.1) is 11.3 Å². The van der Waals surface area contributed by atoms with Gasteiger partial charge in [-0.05, 0) is 17.9 Å². The van der Waals surface area contributed by atoms with E-state index in [1.807, 2.05) is 29.3 Å². The molecule has 0 unspecified atom stereocenters. The minimum atomic E-state index is -0.169. The summed E-state index contributed by atoms with van der Waals surface area (Å²) in [5.74, 6) is -0.335. The number of carbonyl (C=O) groups excluding carboxylic acids is 2. The van der Waals surface area contributed by atoms with Crippen LogP contribution in [0.2, 0.25) is 0 Å². The minimum Gasteiger partial charge on any atom is -0.395 e. The number of amides is 2. The molecule has 0 atom stereocenters. The van der Waals surface area contributed by atoms with Gasteiger partial charge in [0.2, 0.25) is 0 Å². The molecule has 6 nitrogen and oxygen atoms in total. The molecule has 0 aliphatic carbocycles. The van der Waals surface area contributed by atoms with Crippen molar-refractivity contribution in [2.75, 3.05) is 45.9 Å². The standard InChI is InChI=1S/C17H23N3O3S/c1-2-5-20-16(22)14(13-4-3-12-24-13)15(17(20)23)19-8-6-18(7-9-19)10-11-21/h3-4,12,21H,2,5-11H2,1H3. The lowest BCUT2D eigenvalue weighted by Crippen LogP contribution is -2.48. The molecule has 1 aromatic heterocycles. The number of imide groups is 1. The first-order chi connectivity index (χ1) is 11.7. The van der Waals surface area contributed by atoms with Crippen LogP contribution in [0.4, 0.5) is 0 Å². The zero-order chi connectivity index (χ0) is 17.1. The van der Waals surface area contributed by atoms with Crippen LogP contribution in [0.5, 0.6) is 0 Å². The summed E-state index contributed by atoms with van der Waals surface area (Å²) >= 11 is 1.49. The lowest BCUT2D eigenvalue weighted by molar-refractivity contribution is -0.137. The fraction of sp³-hybridized carbons (Fsp3) is 0.529. The summed E-state index contributed by atoms with van der Waals surface area (Å²) in [6.07, 6.45) is 0.757. The third kappa shape index (κ3) is 3.11. The Morgan fingerprint density at radius 1 is 1.12 bits per heavy atom. The molecule has 2 amide bonds. The van der Waals surface area contributed by atoms with Gasteiger partial charge in [-0.3, -0.25) is 19.4 Å². The molecular weight excluding hydrogens is 326 g/mol. The third-order valence-corrected chi connectivity index (χ3v) is 5.35. The molecule has 130 valence electrons. The van der Waals surface area contributed by atoms with E-state index in [-0.39, 0.29) is 18.4 Å². The molecule has 1 fully saturated rings. The van der Waals surface area contributed by atoms with E-state index in [4.69, 9.17) is 5.11 Å². The van der Waals surface area contributed by atoms with Gasteiger partial charge in [0.15, 0.2) is 0 Å². The Kier molecular flexibility index (Phi) is 5.33. The number of piperazine rings is 1. The number of thiophene rings is 1. The quantitative estimate of drug-likeness (QED) is 0.772. The van der Waals surface area contributed by atoms with Crippen molar-refractivity contribution in [2.45, 2.75) is 13.3 Å². The van der Waals surface area contributed by atoms with Gasteiger partial charge in [-0.2, -0.15) is 0 Å². The molecule has 1 saturated heterocycles. The summed E-state index contributed by atoms with van der Waals surface area (Å²) in [7, 11) is 0. The van der Waals surface area contributed by atoms with Crippen molar-refractivity contribution in [1.82, 2.24) is 14.7 Å². The molecule has 1 N–H and O–H groups in total. The fourth-order valence-corrected chi connectivity index (χ4v) is 4.03. The summed E-state index contributed by atoms with van der Waals surface area (Å²) in [5, 5.41) is 11.0. The van der Waals surface area contributed by atoms with Crippen LogP contribution in [-0.4, -0.2) is 77.5 Å². The maximum absolute atomic E-state index is 12.9. The normalized spacial score (nSPS) is 19.8. The van der Waals surface area contributed by atoms with Crippen molar-refractivity contribution in [2.24, 2.45) is 0 Å². The second kappa shape index (κ2) is 7.46. The maximum Gasteiger partial charge on any atom is 0.277 e. The molecule has 0 saturated carbocycles. The third-order valence-electron chi connectivity index (χ3n) is 4.46. The molecular formula is C17H23N3O3S. The van der Waals surface area contributed by atoms with Crippen LogP contribution in [0.25, 0.3) is 5.57 Å². The maximum atomic E-state index is 12.9. The Hall–Kier alpha value is -1.70. The number of β-amino-alcohol motifs (C(OH)–C–C–N with tert-alkyl or cyclic N) is 1. The number of carbonyl (C=O) groups is 2. The van der Waals surface area contributed by atoms with Crippen molar-refractivity contribution in [1.29, 1.82) is 0 Å². The highest BCUT2D eigenvalue weighted by molar-refractivity contribution is 7.11. The van der Waals surface area contributed by atoms with Gasteiger partial charge in [0.1, 0.15) is 5.70 Å². The second-order valence-electron chi connectivity index (χ2n) is 6.02.